The first-order chi connectivity index (χ1) is 10.5. The van der Waals surface area contributed by atoms with Gasteiger partial charge in [-0.05, 0) is 37.8 Å². The van der Waals surface area contributed by atoms with Gasteiger partial charge in [0.25, 0.3) is 5.91 Å². The molecule has 0 unspecified atom stereocenters. The van der Waals surface area contributed by atoms with Gasteiger partial charge in [0.15, 0.2) is 0 Å². The Morgan fingerprint density at radius 1 is 1.09 bits per heavy atom. The molecule has 2 amide bonds. The molecule has 22 heavy (non-hydrogen) atoms. The first-order valence-corrected chi connectivity index (χ1v) is 7.59. The maximum Gasteiger partial charge on any atom is 0.254 e. The van der Waals surface area contributed by atoms with Crippen LogP contribution in [-0.4, -0.2) is 35.8 Å². The van der Waals surface area contributed by atoms with Gasteiger partial charge in [-0.2, -0.15) is 0 Å². The average molecular weight is 308 g/mol. The lowest BCUT2D eigenvalue weighted by molar-refractivity contribution is -0.133. The number of nitrogens with one attached hydrogen (secondary N) is 1. The molecule has 1 aromatic carbocycles. The maximum absolute atomic E-state index is 13.6. The third kappa shape index (κ3) is 3.26. The molecule has 0 radical (unpaired) electrons. The number of benzene rings is 1. The molecule has 6 heteroatoms. The van der Waals surface area contributed by atoms with E-state index in [-0.39, 0.29) is 23.4 Å². The number of amides is 2. The number of hydrogen-bond donors (Lipinski definition) is 1. The SMILES string of the molecule is O=C(NC1CCN(C(=O)C2CC2)CC1)c1ccc(F)cc1F. The molecule has 0 aromatic heterocycles. The summed E-state index contributed by atoms with van der Waals surface area (Å²) in [6, 6.07) is 2.83. The fourth-order valence-electron chi connectivity index (χ4n) is 2.77. The first-order valence-electron chi connectivity index (χ1n) is 7.59. The minimum absolute atomic E-state index is 0.0831. The number of halogens is 2. The largest absolute Gasteiger partial charge is 0.349 e. The highest BCUT2D eigenvalue weighted by Gasteiger charge is 2.35. The Morgan fingerprint density at radius 2 is 1.77 bits per heavy atom. The standard InChI is InChI=1S/C16H18F2N2O2/c17-11-3-4-13(14(18)9-11)15(21)19-12-5-7-20(8-6-12)16(22)10-1-2-10/h3-4,9-10,12H,1-2,5-8H2,(H,19,21). The minimum atomic E-state index is -0.862. The maximum atomic E-state index is 13.6. The minimum Gasteiger partial charge on any atom is -0.349 e. The van der Waals surface area contributed by atoms with Crippen LogP contribution in [0.25, 0.3) is 0 Å². The number of hydrogen-bond acceptors (Lipinski definition) is 2. The molecule has 1 aromatic rings. The van der Waals surface area contributed by atoms with E-state index in [0.717, 1.165) is 25.0 Å². The van der Waals surface area contributed by atoms with Gasteiger partial charge >= 0.3 is 0 Å². The molecule has 1 saturated heterocycles. The van der Waals surface area contributed by atoms with Crippen LogP contribution in [0, 0.1) is 17.6 Å². The highest BCUT2D eigenvalue weighted by atomic mass is 19.1. The van der Waals surface area contributed by atoms with E-state index in [1.807, 2.05) is 4.90 Å². The van der Waals surface area contributed by atoms with Crippen LogP contribution in [0.3, 0.4) is 0 Å². The van der Waals surface area contributed by atoms with Crippen molar-refractivity contribution in [3.05, 3.63) is 35.4 Å². The van der Waals surface area contributed by atoms with E-state index in [2.05, 4.69) is 5.32 Å². The Hall–Kier alpha value is -1.98. The summed E-state index contributed by atoms with van der Waals surface area (Å²) in [4.78, 5) is 25.8. The molecule has 2 fully saturated rings. The van der Waals surface area contributed by atoms with Crippen LogP contribution >= 0.6 is 0 Å². The van der Waals surface area contributed by atoms with Gasteiger partial charge in [-0.3, -0.25) is 9.59 Å². The summed E-state index contributed by atoms with van der Waals surface area (Å²) in [6.07, 6.45) is 3.29. The summed E-state index contributed by atoms with van der Waals surface area (Å²) in [7, 11) is 0. The molecule has 3 rings (SSSR count). The van der Waals surface area contributed by atoms with E-state index >= 15 is 0 Å². The summed E-state index contributed by atoms with van der Waals surface area (Å²) < 4.78 is 26.4. The van der Waals surface area contributed by atoms with Gasteiger partial charge in [-0.25, -0.2) is 8.78 Å². The second kappa shape index (κ2) is 6.02. The molecule has 2 aliphatic rings. The predicted octanol–water partition coefficient (Wildman–Crippen LogP) is 2.10. The van der Waals surface area contributed by atoms with Crippen molar-refractivity contribution in [2.75, 3.05) is 13.1 Å². The second-order valence-electron chi connectivity index (χ2n) is 5.97. The fraction of sp³-hybridized carbons (Fsp3) is 0.500. The van der Waals surface area contributed by atoms with Gasteiger partial charge in [0.2, 0.25) is 5.91 Å². The van der Waals surface area contributed by atoms with Crippen LogP contribution in [0.5, 0.6) is 0 Å². The molecule has 4 nitrogen and oxygen atoms in total. The number of carbonyl (C=O) groups is 2. The molecular weight excluding hydrogens is 290 g/mol. The van der Waals surface area contributed by atoms with E-state index in [1.165, 1.54) is 0 Å². The van der Waals surface area contributed by atoms with E-state index in [9.17, 15) is 18.4 Å². The Bertz CT molecular complexity index is 594. The molecule has 118 valence electrons. The van der Waals surface area contributed by atoms with Crippen LogP contribution in [0.1, 0.15) is 36.0 Å². The lowest BCUT2D eigenvalue weighted by Gasteiger charge is -2.32. The van der Waals surface area contributed by atoms with Crippen molar-refractivity contribution in [1.29, 1.82) is 0 Å². The van der Waals surface area contributed by atoms with Crippen molar-refractivity contribution in [3.8, 4) is 0 Å². The zero-order valence-electron chi connectivity index (χ0n) is 12.1. The van der Waals surface area contributed by atoms with Gasteiger partial charge in [0.1, 0.15) is 11.6 Å². The molecule has 0 atom stereocenters. The fourth-order valence-corrected chi connectivity index (χ4v) is 2.77. The van der Waals surface area contributed by atoms with Crippen molar-refractivity contribution in [2.45, 2.75) is 31.7 Å². The normalized spacial score (nSPS) is 19.1. The number of rotatable bonds is 3. The summed E-state index contributed by atoms with van der Waals surface area (Å²) in [6.45, 7) is 1.23. The Balaban J connectivity index is 1.53. The monoisotopic (exact) mass is 308 g/mol. The number of piperidine rings is 1. The molecular formula is C16H18F2N2O2. The van der Waals surface area contributed by atoms with Crippen molar-refractivity contribution in [1.82, 2.24) is 10.2 Å². The van der Waals surface area contributed by atoms with Crippen LogP contribution in [-0.2, 0) is 4.79 Å². The summed E-state index contributed by atoms with van der Waals surface area (Å²) in [5.41, 5.74) is -0.155. The summed E-state index contributed by atoms with van der Waals surface area (Å²) in [5, 5.41) is 2.76. The van der Waals surface area contributed by atoms with Crippen LogP contribution in [0.4, 0.5) is 8.78 Å². The van der Waals surface area contributed by atoms with Gasteiger partial charge in [-0.15, -0.1) is 0 Å². The van der Waals surface area contributed by atoms with Gasteiger partial charge in [-0.1, -0.05) is 0 Å². The lowest BCUT2D eigenvalue weighted by Crippen LogP contribution is -2.47. The predicted molar refractivity (Wildman–Crippen MR) is 76.2 cm³/mol. The third-order valence-corrected chi connectivity index (χ3v) is 4.24. The molecule has 1 aliphatic carbocycles. The number of carbonyl (C=O) groups excluding carboxylic acids is 2. The van der Waals surface area contributed by atoms with E-state index in [1.54, 1.807) is 0 Å². The molecule has 1 N–H and O–H groups in total. The first kappa shape index (κ1) is 14.9. The quantitative estimate of drug-likeness (QED) is 0.929. The van der Waals surface area contributed by atoms with Gasteiger partial charge in [0, 0.05) is 31.1 Å². The topological polar surface area (TPSA) is 49.4 Å². The number of likely N-dealkylation sites (tertiary alicyclic amines) is 1. The number of nitrogens with zero attached hydrogens (tertiary/aromatic N) is 1. The van der Waals surface area contributed by atoms with Crippen LogP contribution < -0.4 is 5.32 Å². The van der Waals surface area contributed by atoms with Crippen molar-refractivity contribution in [3.63, 3.8) is 0 Å². The van der Waals surface area contributed by atoms with Crippen molar-refractivity contribution >= 4 is 11.8 Å². The Morgan fingerprint density at radius 3 is 2.36 bits per heavy atom. The zero-order valence-corrected chi connectivity index (χ0v) is 12.1. The Kier molecular flexibility index (Phi) is 4.09. The Labute approximate surface area is 127 Å². The van der Waals surface area contributed by atoms with Crippen molar-refractivity contribution in [2.24, 2.45) is 5.92 Å². The van der Waals surface area contributed by atoms with E-state index < -0.39 is 17.5 Å². The smallest absolute Gasteiger partial charge is 0.254 e. The highest BCUT2D eigenvalue weighted by molar-refractivity contribution is 5.94. The van der Waals surface area contributed by atoms with Crippen molar-refractivity contribution < 1.29 is 18.4 Å². The molecule has 1 heterocycles. The van der Waals surface area contributed by atoms with Crippen LogP contribution in [0.2, 0.25) is 0 Å². The zero-order chi connectivity index (χ0) is 15.7. The van der Waals surface area contributed by atoms with E-state index in [0.29, 0.717) is 32.0 Å². The summed E-state index contributed by atoms with van der Waals surface area (Å²) >= 11 is 0. The molecule has 0 spiro atoms. The highest BCUT2D eigenvalue weighted by Crippen LogP contribution is 2.31. The third-order valence-electron chi connectivity index (χ3n) is 4.24. The summed E-state index contributed by atoms with van der Waals surface area (Å²) in [5.74, 6) is -1.68. The molecule has 0 bridgehead atoms. The van der Waals surface area contributed by atoms with Crippen LogP contribution in [0.15, 0.2) is 18.2 Å². The molecule has 1 aliphatic heterocycles. The second-order valence-corrected chi connectivity index (χ2v) is 5.97. The van der Waals surface area contributed by atoms with Gasteiger partial charge in [0.05, 0.1) is 5.56 Å². The average Bonchev–Trinajstić information content (AvgIpc) is 3.31. The lowest BCUT2D eigenvalue weighted by atomic mass is 10.0. The molecule has 1 saturated carbocycles. The van der Waals surface area contributed by atoms with E-state index in [4.69, 9.17) is 0 Å². The van der Waals surface area contributed by atoms with Gasteiger partial charge < -0.3 is 10.2 Å².